The Morgan fingerprint density at radius 2 is 1.96 bits per heavy atom. The topological polar surface area (TPSA) is 57.1 Å². The fourth-order valence-electron chi connectivity index (χ4n) is 2.83. The minimum Gasteiger partial charge on any atom is -0.379 e. The largest absolute Gasteiger partial charge is 0.379 e. The van der Waals surface area contributed by atoms with Gasteiger partial charge >= 0.3 is 0 Å². The smallest absolute Gasteiger partial charge is 0.143 e. The second-order valence-electron chi connectivity index (χ2n) is 5.86. The number of nitrogens with zero attached hydrogens (tertiary/aromatic N) is 2. The number of rotatable bonds is 3. The molecule has 2 aliphatic rings. The Bertz CT molecular complexity index is 809. The normalized spacial score (nSPS) is 18.7. The van der Waals surface area contributed by atoms with E-state index in [1.807, 2.05) is 47.5 Å². The summed E-state index contributed by atoms with van der Waals surface area (Å²) in [5.74, 6) is 0. The Morgan fingerprint density at radius 3 is 2.80 bits per heavy atom. The van der Waals surface area contributed by atoms with Crippen LogP contribution < -0.4 is 5.43 Å². The molecule has 2 N–H and O–H groups in total. The molecule has 25 heavy (non-hydrogen) atoms. The zero-order valence-corrected chi connectivity index (χ0v) is 15.1. The number of hydrogen-bond donors (Lipinski definition) is 2. The molecule has 7 heteroatoms. The molecule has 5 nitrogen and oxygen atoms in total. The van der Waals surface area contributed by atoms with E-state index in [1.54, 1.807) is 11.8 Å². The molecule has 0 saturated carbocycles. The predicted octanol–water partition coefficient (Wildman–Crippen LogP) is 3.30. The molecule has 1 saturated heterocycles. The van der Waals surface area contributed by atoms with Crippen LogP contribution in [-0.2, 0) is 4.74 Å². The van der Waals surface area contributed by atoms with Gasteiger partial charge in [-0.2, -0.15) is 0 Å². The number of aliphatic imine (C=N–C) groups is 1. The van der Waals surface area contributed by atoms with E-state index in [1.165, 1.54) is 0 Å². The molecule has 0 aromatic heterocycles. The second-order valence-corrected chi connectivity index (χ2v) is 7.30. The molecule has 2 heterocycles. The van der Waals surface area contributed by atoms with Crippen LogP contribution in [0.1, 0.15) is 17.4 Å². The molecule has 0 aliphatic carbocycles. The molecule has 2 aromatic carbocycles. The zero-order chi connectivity index (χ0) is 17.2. The van der Waals surface area contributed by atoms with Crippen molar-refractivity contribution in [3.63, 3.8) is 0 Å². The van der Waals surface area contributed by atoms with Crippen LogP contribution >= 0.6 is 23.4 Å². The molecule has 2 aromatic rings. The van der Waals surface area contributed by atoms with Crippen LogP contribution in [0.2, 0.25) is 0 Å². The van der Waals surface area contributed by atoms with Gasteiger partial charge in [0, 0.05) is 28.4 Å². The van der Waals surface area contributed by atoms with Gasteiger partial charge < -0.3 is 9.84 Å². The minimum absolute atomic E-state index is 0.467. The number of benzene rings is 2. The highest BCUT2D eigenvalue weighted by atomic mass is 35.5. The Morgan fingerprint density at radius 1 is 1.16 bits per heavy atom. The molecule has 1 unspecified atom stereocenters. The Labute approximate surface area is 155 Å². The van der Waals surface area contributed by atoms with Crippen LogP contribution in [0, 0.1) is 0 Å². The quantitative estimate of drug-likeness (QED) is 0.806. The molecule has 0 bridgehead atoms. The van der Waals surface area contributed by atoms with Gasteiger partial charge in [-0.1, -0.05) is 47.6 Å². The molecule has 0 spiro atoms. The summed E-state index contributed by atoms with van der Waals surface area (Å²) in [5.41, 5.74) is 5.56. The number of morpholine rings is 1. The molecule has 0 radical (unpaired) electrons. The first kappa shape index (κ1) is 17.0. The average Bonchev–Trinajstić information content (AvgIpc) is 2.78. The Balaban J connectivity index is 1.59. The summed E-state index contributed by atoms with van der Waals surface area (Å²) in [6, 6.07) is 13.7. The molecule has 4 rings (SSSR count). The van der Waals surface area contributed by atoms with Crippen molar-refractivity contribution in [2.75, 3.05) is 26.3 Å². The van der Waals surface area contributed by atoms with Crippen LogP contribution in [0.4, 0.5) is 5.69 Å². The van der Waals surface area contributed by atoms with Gasteiger partial charge in [0.05, 0.1) is 18.9 Å². The number of hydrazine groups is 1. The summed E-state index contributed by atoms with van der Waals surface area (Å²) in [7, 11) is 0. The van der Waals surface area contributed by atoms with E-state index in [-0.39, 0.29) is 0 Å². The number of nitrogens with one attached hydrogen (secondary N) is 1. The zero-order valence-electron chi connectivity index (χ0n) is 13.5. The van der Waals surface area contributed by atoms with Gasteiger partial charge in [-0.3, -0.25) is 0 Å². The van der Waals surface area contributed by atoms with Gasteiger partial charge in [-0.15, -0.1) is 0 Å². The first-order valence-corrected chi connectivity index (χ1v) is 9.32. The fraction of sp³-hybridized carbons (Fsp3) is 0.278. The monoisotopic (exact) mass is 375 g/mol. The maximum atomic E-state index is 10.5. The summed E-state index contributed by atoms with van der Waals surface area (Å²) in [5, 5.41) is 12.9. The van der Waals surface area contributed by atoms with Crippen molar-refractivity contribution in [1.29, 1.82) is 0 Å². The summed E-state index contributed by atoms with van der Waals surface area (Å²) in [6.45, 7) is 2.83. The van der Waals surface area contributed by atoms with E-state index in [4.69, 9.17) is 16.3 Å². The van der Waals surface area contributed by atoms with Crippen molar-refractivity contribution >= 4 is 34.2 Å². The van der Waals surface area contributed by atoms with Gasteiger partial charge in [0.1, 0.15) is 11.4 Å². The van der Waals surface area contributed by atoms with Gasteiger partial charge in [-0.05, 0) is 23.8 Å². The molecule has 130 valence electrons. The van der Waals surface area contributed by atoms with Gasteiger partial charge in [0.15, 0.2) is 0 Å². The van der Waals surface area contributed by atoms with Crippen LogP contribution in [0.25, 0.3) is 0 Å². The van der Waals surface area contributed by atoms with Gasteiger partial charge in [-0.25, -0.2) is 15.4 Å². The van der Waals surface area contributed by atoms with Crippen molar-refractivity contribution in [3.05, 3.63) is 53.6 Å². The molecule has 2 aliphatic heterocycles. The van der Waals surface area contributed by atoms with Crippen molar-refractivity contribution in [2.45, 2.75) is 16.0 Å². The van der Waals surface area contributed by atoms with Crippen LogP contribution in [0.5, 0.6) is 0 Å². The first-order valence-electron chi connectivity index (χ1n) is 8.13. The van der Waals surface area contributed by atoms with E-state index in [0.29, 0.717) is 18.4 Å². The highest BCUT2D eigenvalue weighted by molar-refractivity contribution is 7.99. The third-order valence-corrected chi connectivity index (χ3v) is 5.59. The maximum absolute atomic E-state index is 10.5. The number of fused-ring (bicyclic) bond motifs is 2. The van der Waals surface area contributed by atoms with Crippen LogP contribution in [0.3, 0.4) is 0 Å². The standard InChI is InChI=1S/C18H18ClN3O2S/c19-17-13-3-1-2-4-15(13)25-16-6-5-12(11-14(16)20-17)18(23)21-22-7-9-24-10-8-22/h1-6,11,18,21,23H,7-10H2. The summed E-state index contributed by atoms with van der Waals surface area (Å²) in [4.78, 5) is 6.66. The predicted molar refractivity (Wildman–Crippen MR) is 99.5 cm³/mol. The molecule has 1 fully saturated rings. The third kappa shape index (κ3) is 3.74. The van der Waals surface area contributed by atoms with E-state index < -0.39 is 6.23 Å². The van der Waals surface area contributed by atoms with Gasteiger partial charge in [0.25, 0.3) is 0 Å². The molecular weight excluding hydrogens is 358 g/mol. The number of ether oxygens (including phenoxy) is 1. The number of hydrogen-bond acceptors (Lipinski definition) is 6. The Kier molecular flexibility index (Phi) is 5.08. The SMILES string of the molecule is OC(NN1CCOCC1)c1ccc2c(c1)N=C(Cl)c1ccccc1S2. The van der Waals surface area contributed by atoms with Gasteiger partial charge in [0.2, 0.25) is 0 Å². The average molecular weight is 376 g/mol. The molecular formula is C18H18ClN3O2S. The van der Waals surface area contributed by atoms with Crippen molar-refractivity contribution in [1.82, 2.24) is 10.4 Å². The highest BCUT2D eigenvalue weighted by Crippen LogP contribution is 2.41. The third-order valence-electron chi connectivity index (χ3n) is 4.16. The van der Waals surface area contributed by atoms with Crippen molar-refractivity contribution < 1.29 is 9.84 Å². The lowest BCUT2D eigenvalue weighted by Gasteiger charge is -2.29. The summed E-state index contributed by atoms with van der Waals surface area (Å²) >= 11 is 8.04. The highest BCUT2D eigenvalue weighted by Gasteiger charge is 2.19. The van der Waals surface area contributed by atoms with Crippen LogP contribution in [-0.4, -0.2) is 41.6 Å². The van der Waals surface area contributed by atoms with E-state index in [0.717, 1.165) is 39.7 Å². The number of aliphatic hydroxyl groups excluding tert-OH is 1. The van der Waals surface area contributed by atoms with Crippen molar-refractivity contribution in [3.8, 4) is 0 Å². The van der Waals surface area contributed by atoms with E-state index >= 15 is 0 Å². The fourth-order valence-corrected chi connectivity index (χ4v) is 4.14. The van der Waals surface area contributed by atoms with Crippen LogP contribution in [0.15, 0.2) is 57.2 Å². The summed E-state index contributed by atoms with van der Waals surface area (Å²) in [6.07, 6.45) is -0.798. The number of aliphatic hydroxyl groups is 1. The summed E-state index contributed by atoms with van der Waals surface area (Å²) < 4.78 is 5.32. The lowest BCUT2D eigenvalue weighted by molar-refractivity contribution is -0.0334. The molecule has 1 atom stereocenters. The van der Waals surface area contributed by atoms with E-state index in [2.05, 4.69) is 10.4 Å². The molecule has 0 amide bonds. The van der Waals surface area contributed by atoms with Crippen molar-refractivity contribution in [2.24, 2.45) is 4.99 Å². The lowest BCUT2D eigenvalue weighted by atomic mass is 10.2. The first-order chi connectivity index (χ1) is 12.2. The second kappa shape index (κ2) is 7.45. The Hall–Kier alpha value is -1.41. The maximum Gasteiger partial charge on any atom is 0.143 e. The van der Waals surface area contributed by atoms with E-state index in [9.17, 15) is 5.11 Å². The number of halogens is 1. The minimum atomic E-state index is -0.798. The lowest BCUT2D eigenvalue weighted by Crippen LogP contribution is -2.47.